The van der Waals surface area contributed by atoms with E-state index in [4.69, 9.17) is 9.15 Å². The predicted molar refractivity (Wildman–Crippen MR) is 89.9 cm³/mol. The molecule has 0 aromatic carbocycles. The number of aryl methyl sites for hydroxylation is 1. The highest BCUT2D eigenvalue weighted by atomic mass is 16.6. The van der Waals surface area contributed by atoms with Crippen LogP contribution in [0.5, 0.6) is 0 Å². The summed E-state index contributed by atoms with van der Waals surface area (Å²) in [5, 5.41) is 0. The average Bonchev–Trinajstić information content (AvgIpc) is 2.89. The SMILES string of the molecule is C=C(C)[C@@H]1C/C=C(\C)Cc2cc(co2)CC[C@@H]2O[C@@]2(C)CC1. The van der Waals surface area contributed by atoms with Gasteiger partial charge < -0.3 is 9.15 Å². The van der Waals surface area contributed by atoms with E-state index in [1.54, 1.807) is 0 Å². The quantitative estimate of drug-likeness (QED) is 0.524. The van der Waals surface area contributed by atoms with Crippen LogP contribution in [0.1, 0.15) is 57.8 Å². The fourth-order valence-corrected chi connectivity index (χ4v) is 3.54. The van der Waals surface area contributed by atoms with E-state index >= 15 is 0 Å². The first-order valence-electron chi connectivity index (χ1n) is 8.51. The zero-order valence-electron chi connectivity index (χ0n) is 14.2. The third-order valence-electron chi connectivity index (χ3n) is 5.33. The molecule has 22 heavy (non-hydrogen) atoms. The van der Waals surface area contributed by atoms with Crippen molar-refractivity contribution in [1.82, 2.24) is 0 Å². The van der Waals surface area contributed by atoms with E-state index in [1.165, 1.54) is 23.1 Å². The number of epoxide rings is 1. The zero-order chi connectivity index (χ0) is 15.7. The van der Waals surface area contributed by atoms with Crippen molar-refractivity contribution in [3.05, 3.63) is 47.5 Å². The van der Waals surface area contributed by atoms with Crippen molar-refractivity contribution in [3.8, 4) is 0 Å². The van der Waals surface area contributed by atoms with Crippen LogP contribution in [0.2, 0.25) is 0 Å². The maximum Gasteiger partial charge on any atom is 0.108 e. The van der Waals surface area contributed by atoms with Gasteiger partial charge in [0.2, 0.25) is 0 Å². The van der Waals surface area contributed by atoms with E-state index in [1.807, 2.05) is 6.26 Å². The molecule has 2 aliphatic rings. The third kappa shape index (κ3) is 3.55. The molecule has 0 N–H and O–H groups in total. The molecule has 3 atom stereocenters. The number of allylic oxidation sites excluding steroid dienone is 3. The second-order valence-electron chi connectivity index (χ2n) is 7.42. The van der Waals surface area contributed by atoms with Crippen molar-refractivity contribution in [1.29, 1.82) is 0 Å². The first-order chi connectivity index (χ1) is 10.5. The van der Waals surface area contributed by atoms with Crippen LogP contribution >= 0.6 is 0 Å². The molecule has 2 heteroatoms. The monoisotopic (exact) mass is 300 g/mol. The minimum absolute atomic E-state index is 0.0864. The van der Waals surface area contributed by atoms with E-state index in [-0.39, 0.29) is 5.60 Å². The number of ether oxygens (including phenoxy) is 1. The Morgan fingerprint density at radius 3 is 2.95 bits per heavy atom. The van der Waals surface area contributed by atoms with E-state index in [9.17, 15) is 0 Å². The summed E-state index contributed by atoms with van der Waals surface area (Å²) in [6.07, 6.45) is 11.2. The van der Waals surface area contributed by atoms with Gasteiger partial charge in [-0.3, -0.25) is 0 Å². The fraction of sp³-hybridized carbons (Fsp3) is 0.600. The topological polar surface area (TPSA) is 25.7 Å². The minimum Gasteiger partial charge on any atom is -0.469 e. The first-order valence-corrected chi connectivity index (χ1v) is 8.51. The van der Waals surface area contributed by atoms with Gasteiger partial charge in [0.05, 0.1) is 18.0 Å². The van der Waals surface area contributed by atoms with Crippen LogP contribution in [0, 0.1) is 5.92 Å². The lowest BCUT2D eigenvalue weighted by Gasteiger charge is -2.17. The number of rotatable bonds is 1. The molecule has 1 fully saturated rings. The molecular formula is C20H28O2. The Morgan fingerprint density at radius 1 is 1.36 bits per heavy atom. The van der Waals surface area contributed by atoms with Crippen LogP contribution in [0.4, 0.5) is 0 Å². The Morgan fingerprint density at radius 2 is 2.18 bits per heavy atom. The van der Waals surface area contributed by atoms with E-state index < -0.39 is 0 Å². The molecule has 0 radical (unpaired) electrons. The van der Waals surface area contributed by atoms with Gasteiger partial charge in [-0.2, -0.15) is 0 Å². The van der Waals surface area contributed by atoms with E-state index in [0.717, 1.165) is 37.9 Å². The largest absolute Gasteiger partial charge is 0.469 e. The second-order valence-corrected chi connectivity index (χ2v) is 7.42. The van der Waals surface area contributed by atoms with Crippen molar-refractivity contribution in [2.45, 2.75) is 71.0 Å². The summed E-state index contributed by atoms with van der Waals surface area (Å²) in [6, 6.07) is 2.21. The van der Waals surface area contributed by atoms with E-state index in [0.29, 0.717) is 12.0 Å². The summed E-state index contributed by atoms with van der Waals surface area (Å²) >= 11 is 0. The van der Waals surface area contributed by atoms with Gasteiger partial charge in [-0.1, -0.05) is 23.8 Å². The molecule has 3 rings (SSSR count). The van der Waals surface area contributed by atoms with Gasteiger partial charge in [-0.25, -0.2) is 0 Å². The molecule has 1 aliphatic heterocycles. The van der Waals surface area contributed by atoms with Crippen molar-refractivity contribution in [2.75, 3.05) is 0 Å². The van der Waals surface area contributed by atoms with Gasteiger partial charge in [0.1, 0.15) is 5.76 Å². The van der Waals surface area contributed by atoms with Crippen molar-refractivity contribution < 1.29 is 9.15 Å². The molecule has 1 aromatic heterocycles. The van der Waals surface area contributed by atoms with Gasteiger partial charge in [-0.05, 0) is 70.4 Å². The molecular weight excluding hydrogens is 272 g/mol. The summed E-state index contributed by atoms with van der Waals surface area (Å²) in [5.41, 5.74) is 4.06. The maximum atomic E-state index is 6.00. The lowest BCUT2D eigenvalue weighted by atomic mass is 9.87. The molecule has 0 spiro atoms. The molecule has 2 heterocycles. The van der Waals surface area contributed by atoms with Gasteiger partial charge in [-0.15, -0.1) is 0 Å². The van der Waals surface area contributed by atoms with Gasteiger partial charge >= 0.3 is 0 Å². The summed E-state index contributed by atoms with van der Waals surface area (Å²) in [4.78, 5) is 0. The standard InChI is InChI=1S/C20H28O2/c1-14(2)17-7-5-15(3)11-18-12-16(13-21-18)6-8-19-20(4,22-19)10-9-17/h5,12-13,17,19H,1,6-11H2,2-4H3/b15-5+/t17-,19+,20+/m1/s1. The molecule has 2 bridgehead atoms. The number of fused-ring (bicyclic) bond motifs is 3. The molecule has 0 amide bonds. The molecule has 0 unspecified atom stereocenters. The number of furan rings is 1. The van der Waals surface area contributed by atoms with Gasteiger partial charge in [0, 0.05) is 6.42 Å². The summed E-state index contributed by atoms with van der Waals surface area (Å²) in [7, 11) is 0. The minimum atomic E-state index is 0.0864. The normalized spacial score (nSPS) is 35.0. The summed E-state index contributed by atoms with van der Waals surface area (Å²) < 4.78 is 11.7. The Kier molecular flexibility index (Phi) is 4.31. The van der Waals surface area contributed by atoms with Crippen LogP contribution in [0.3, 0.4) is 0 Å². The number of hydrogen-bond acceptors (Lipinski definition) is 2. The highest BCUT2D eigenvalue weighted by Crippen LogP contribution is 2.44. The van der Waals surface area contributed by atoms with Crippen LogP contribution in [-0.4, -0.2) is 11.7 Å². The fourth-order valence-electron chi connectivity index (χ4n) is 3.54. The van der Waals surface area contributed by atoms with Gasteiger partial charge in [0.15, 0.2) is 0 Å². The van der Waals surface area contributed by atoms with E-state index in [2.05, 4.69) is 39.5 Å². The molecule has 1 aromatic rings. The molecule has 1 aliphatic carbocycles. The molecule has 1 saturated heterocycles. The van der Waals surface area contributed by atoms with Crippen molar-refractivity contribution in [3.63, 3.8) is 0 Å². The maximum absolute atomic E-state index is 6.00. The Labute approximate surface area is 134 Å². The Hall–Kier alpha value is -1.28. The van der Waals surface area contributed by atoms with Crippen molar-refractivity contribution in [2.24, 2.45) is 5.92 Å². The van der Waals surface area contributed by atoms with Crippen molar-refractivity contribution >= 4 is 0 Å². The average molecular weight is 300 g/mol. The van der Waals surface area contributed by atoms with Crippen LogP contribution in [0.25, 0.3) is 0 Å². The lowest BCUT2D eigenvalue weighted by molar-refractivity contribution is 0.282. The van der Waals surface area contributed by atoms with Crippen LogP contribution in [0.15, 0.2) is 40.5 Å². The summed E-state index contributed by atoms with van der Waals surface area (Å²) in [5.74, 6) is 1.64. The van der Waals surface area contributed by atoms with Gasteiger partial charge in [0.25, 0.3) is 0 Å². The number of hydrogen-bond donors (Lipinski definition) is 0. The Bertz CT molecular complexity index is 580. The van der Waals surface area contributed by atoms with Crippen LogP contribution < -0.4 is 0 Å². The third-order valence-corrected chi connectivity index (χ3v) is 5.33. The smallest absolute Gasteiger partial charge is 0.108 e. The Balaban J connectivity index is 1.78. The van der Waals surface area contributed by atoms with Crippen LogP contribution in [-0.2, 0) is 17.6 Å². The lowest BCUT2D eigenvalue weighted by Crippen LogP contribution is -2.13. The predicted octanol–water partition coefficient (Wildman–Crippen LogP) is 5.23. The highest BCUT2D eigenvalue weighted by Gasteiger charge is 2.51. The molecule has 0 saturated carbocycles. The highest BCUT2D eigenvalue weighted by molar-refractivity contribution is 5.19. The molecule has 2 nitrogen and oxygen atoms in total. The molecule has 120 valence electrons. The second kappa shape index (κ2) is 6.08. The first kappa shape index (κ1) is 15.6. The summed E-state index contributed by atoms with van der Waals surface area (Å²) in [6.45, 7) is 10.8. The zero-order valence-corrected chi connectivity index (χ0v) is 14.2.